The maximum absolute atomic E-state index is 5.70. The summed E-state index contributed by atoms with van der Waals surface area (Å²) in [6.07, 6.45) is 0. The Hall–Kier alpha value is -0.500. The molecule has 0 radical (unpaired) electrons. The fourth-order valence-electron chi connectivity index (χ4n) is 2.22. The lowest BCUT2D eigenvalue weighted by molar-refractivity contribution is 0.205. The molecule has 0 spiro atoms. The molecule has 2 rings (SSSR count). The van der Waals surface area contributed by atoms with Crippen molar-refractivity contribution in [3.8, 4) is 5.75 Å². The van der Waals surface area contributed by atoms with Gasteiger partial charge in [-0.15, -0.1) is 0 Å². The molecule has 0 bridgehead atoms. The van der Waals surface area contributed by atoms with Gasteiger partial charge in [0.2, 0.25) is 0 Å². The van der Waals surface area contributed by atoms with Crippen molar-refractivity contribution >= 4 is 15.9 Å². The van der Waals surface area contributed by atoms with E-state index in [1.54, 1.807) is 0 Å². The van der Waals surface area contributed by atoms with Gasteiger partial charge >= 0.3 is 0 Å². The largest absolute Gasteiger partial charge is 0.493 e. The molecule has 1 aliphatic heterocycles. The van der Waals surface area contributed by atoms with Crippen molar-refractivity contribution in [2.45, 2.75) is 24.6 Å². The molecule has 0 saturated carbocycles. The Kier molecular flexibility index (Phi) is 2.82. The van der Waals surface area contributed by atoms with Crippen LogP contribution < -0.4 is 4.74 Å². The summed E-state index contributed by atoms with van der Waals surface area (Å²) in [7, 11) is 0. The van der Waals surface area contributed by atoms with E-state index in [2.05, 4.69) is 48.0 Å². The molecule has 14 heavy (non-hydrogen) atoms. The molecular formula is C12H15BrO. The van der Waals surface area contributed by atoms with Crippen LogP contribution in [0.4, 0.5) is 0 Å². The zero-order valence-electron chi connectivity index (χ0n) is 8.53. The van der Waals surface area contributed by atoms with E-state index in [0.717, 1.165) is 12.4 Å². The first-order chi connectivity index (χ1) is 6.70. The first-order valence-corrected chi connectivity index (χ1v) is 5.97. The highest BCUT2D eigenvalue weighted by Crippen LogP contribution is 2.40. The number of para-hydroxylation sites is 1. The molecular weight excluding hydrogens is 240 g/mol. The van der Waals surface area contributed by atoms with E-state index in [-0.39, 0.29) is 0 Å². The summed E-state index contributed by atoms with van der Waals surface area (Å²) < 4.78 is 5.70. The van der Waals surface area contributed by atoms with E-state index < -0.39 is 0 Å². The highest BCUT2D eigenvalue weighted by molar-refractivity contribution is 9.09. The third kappa shape index (κ3) is 1.68. The number of halogens is 1. The lowest BCUT2D eigenvalue weighted by Crippen LogP contribution is -2.28. The summed E-state index contributed by atoms with van der Waals surface area (Å²) in [5.74, 6) is 2.21. The van der Waals surface area contributed by atoms with Gasteiger partial charge in [-0.05, 0) is 17.5 Å². The normalized spacial score (nSPS) is 27.6. The molecule has 1 aromatic rings. The first kappa shape index (κ1) is 10.0. The molecule has 2 heteroatoms. The van der Waals surface area contributed by atoms with Crippen molar-refractivity contribution in [2.75, 3.05) is 6.61 Å². The molecule has 0 aliphatic carbocycles. The van der Waals surface area contributed by atoms with E-state index in [0.29, 0.717) is 16.7 Å². The summed E-state index contributed by atoms with van der Waals surface area (Å²) >= 11 is 3.69. The average molecular weight is 255 g/mol. The van der Waals surface area contributed by atoms with Crippen LogP contribution in [0.15, 0.2) is 24.3 Å². The highest BCUT2D eigenvalue weighted by Gasteiger charge is 2.30. The summed E-state index contributed by atoms with van der Waals surface area (Å²) in [4.78, 5) is 0.502. The zero-order valence-corrected chi connectivity index (χ0v) is 10.1. The van der Waals surface area contributed by atoms with Crippen LogP contribution in [-0.4, -0.2) is 11.4 Å². The Bertz CT molecular complexity index is 322. The molecule has 0 fully saturated rings. The van der Waals surface area contributed by atoms with Gasteiger partial charge in [0.05, 0.1) is 6.61 Å². The number of alkyl halides is 1. The van der Waals surface area contributed by atoms with Crippen molar-refractivity contribution in [1.29, 1.82) is 0 Å². The zero-order chi connectivity index (χ0) is 10.1. The Labute approximate surface area is 93.6 Å². The maximum atomic E-state index is 5.70. The van der Waals surface area contributed by atoms with Gasteiger partial charge in [0.1, 0.15) is 5.75 Å². The standard InChI is InChI=1S/C12H15BrO/c1-8-7-14-11-6-4-3-5-10(11)12(8)9(2)13/h3-6,8-9,12H,7H2,1-2H3. The summed E-state index contributed by atoms with van der Waals surface area (Å²) in [5, 5.41) is 0. The topological polar surface area (TPSA) is 9.23 Å². The number of fused-ring (bicyclic) bond motifs is 1. The number of hydrogen-bond donors (Lipinski definition) is 0. The molecule has 1 aromatic carbocycles. The molecule has 0 aromatic heterocycles. The second kappa shape index (κ2) is 3.93. The molecule has 0 N–H and O–H groups in total. The smallest absolute Gasteiger partial charge is 0.122 e. The van der Waals surface area contributed by atoms with Gasteiger partial charge in [0.25, 0.3) is 0 Å². The second-order valence-electron chi connectivity index (χ2n) is 4.03. The van der Waals surface area contributed by atoms with E-state index in [4.69, 9.17) is 4.74 Å². The van der Waals surface area contributed by atoms with Crippen molar-refractivity contribution in [1.82, 2.24) is 0 Å². The predicted octanol–water partition coefficient (Wildman–Crippen LogP) is 3.58. The van der Waals surface area contributed by atoms with E-state index in [9.17, 15) is 0 Å². The number of benzene rings is 1. The maximum Gasteiger partial charge on any atom is 0.122 e. The monoisotopic (exact) mass is 254 g/mol. The summed E-state index contributed by atoms with van der Waals surface area (Å²) in [6.45, 7) is 5.29. The van der Waals surface area contributed by atoms with Crippen molar-refractivity contribution in [2.24, 2.45) is 5.92 Å². The van der Waals surface area contributed by atoms with Crippen molar-refractivity contribution in [3.63, 3.8) is 0 Å². The van der Waals surface area contributed by atoms with Gasteiger partial charge in [-0.2, -0.15) is 0 Å². The lowest BCUT2D eigenvalue weighted by Gasteiger charge is -2.33. The van der Waals surface area contributed by atoms with Gasteiger partial charge in [-0.3, -0.25) is 0 Å². The van der Waals surface area contributed by atoms with E-state index in [1.165, 1.54) is 5.56 Å². The van der Waals surface area contributed by atoms with Crippen LogP contribution in [0.5, 0.6) is 5.75 Å². The SMILES string of the molecule is CC(Br)C1c2ccccc2OCC1C. The van der Waals surface area contributed by atoms with E-state index >= 15 is 0 Å². The molecule has 3 atom stereocenters. The van der Waals surface area contributed by atoms with Crippen LogP contribution in [0.1, 0.15) is 25.3 Å². The molecule has 1 aliphatic rings. The fourth-order valence-corrected chi connectivity index (χ4v) is 3.02. The molecule has 1 nitrogen and oxygen atoms in total. The van der Waals surface area contributed by atoms with Crippen LogP contribution in [0.2, 0.25) is 0 Å². The van der Waals surface area contributed by atoms with Crippen LogP contribution in [-0.2, 0) is 0 Å². The quantitative estimate of drug-likeness (QED) is 0.697. The highest BCUT2D eigenvalue weighted by atomic mass is 79.9. The van der Waals surface area contributed by atoms with Gasteiger partial charge < -0.3 is 4.74 Å². The summed E-state index contributed by atoms with van der Waals surface area (Å²) in [6, 6.07) is 8.35. The van der Waals surface area contributed by atoms with Gasteiger partial charge in [-0.1, -0.05) is 48.0 Å². The third-order valence-electron chi connectivity index (χ3n) is 2.89. The minimum atomic E-state index is 0.502. The fraction of sp³-hybridized carbons (Fsp3) is 0.500. The van der Waals surface area contributed by atoms with Crippen LogP contribution in [0, 0.1) is 5.92 Å². The number of hydrogen-bond acceptors (Lipinski definition) is 1. The Morgan fingerprint density at radius 3 is 2.86 bits per heavy atom. The molecule has 76 valence electrons. The Morgan fingerprint density at radius 1 is 1.43 bits per heavy atom. The van der Waals surface area contributed by atoms with Gasteiger partial charge in [0, 0.05) is 10.7 Å². The molecule has 1 heterocycles. The molecule has 0 amide bonds. The molecule has 0 saturated heterocycles. The lowest BCUT2D eigenvalue weighted by atomic mass is 9.83. The van der Waals surface area contributed by atoms with Crippen LogP contribution in [0.3, 0.4) is 0 Å². The first-order valence-electron chi connectivity index (χ1n) is 5.06. The second-order valence-corrected chi connectivity index (χ2v) is 5.47. The average Bonchev–Trinajstić information content (AvgIpc) is 2.17. The predicted molar refractivity (Wildman–Crippen MR) is 62.2 cm³/mol. The molecule has 3 unspecified atom stereocenters. The number of ether oxygens (including phenoxy) is 1. The minimum absolute atomic E-state index is 0.502. The third-order valence-corrected chi connectivity index (χ3v) is 3.46. The van der Waals surface area contributed by atoms with Crippen LogP contribution in [0.25, 0.3) is 0 Å². The van der Waals surface area contributed by atoms with Crippen molar-refractivity contribution < 1.29 is 4.74 Å². The van der Waals surface area contributed by atoms with Gasteiger partial charge in [-0.25, -0.2) is 0 Å². The van der Waals surface area contributed by atoms with Gasteiger partial charge in [0.15, 0.2) is 0 Å². The number of rotatable bonds is 1. The van der Waals surface area contributed by atoms with Crippen LogP contribution >= 0.6 is 15.9 Å². The summed E-state index contributed by atoms with van der Waals surface area (Å²) in [5.41, 5.74) is 1.34. The minimum Gasteiger partial charge on any atom is -0.493 e. The van der Waals surface area contributed by atoms with E-state index in [1.807, 2.05) is 6.07 Å². The Morgan fingerprint density at radius 2 is 2.14 bits per heavy atom. The van der Waals surface area contributed by atoms with Crippen molar-refractivity contribution in [3.05, 3.63) is 29.8 Å². The Balaban J connectivity index is 2.41.